The fraction of sp³-hybridized carbons (Fsp3) is 0.333. The van der Waals surface area contributed by atoms with Crippen LogP contribution in [0, 0.1) is 5.82 Å². The highest BCUT2D eigenvalue weighted by Crippen LogP contribution is 2.35. The topological polar surface area (TPSA) is 78.5 Å². The summed E-state index contributed by atoms with van der Waals surface area (Å²) in [6, 6.07) is 5.38. The van der Waals surface area contributed by atoms with Crippen molar-refractivity contribution in [3.63, 3.8) is 0 Å². The summed E-state index contributed by atoms with van der Waals surface area (Å²) in [6.07, 6.45) is 2.04. The monoisotopic (exact) mass is 345 g/mol. The predicted octanol–water partition coefficient (Wildman–Crippen LogP) is 2.29. The van der Waals surface area contributed by atoms with Crippen LogP contribution in [0.1, 0.15) is 35.5 Å². The van der Waals surface area contributed by atoms with E-state index in [1.807, 2.05) is 13.8 Å². The minimum Gasteiger partial charge on any atom is -0.364 e. The van der Waals surface area contributed by atoms with Gasteiger partial charge in [-0.3, -0.25) is 9.89 Å². The molecule has 7 heteroatoms. The van der Waals surface area contributed by atoms with Gasteiger partial charge in [-0.1, -0.05) is 13.8 Å². The number of hydrogen-bond donors (Lipinski definition) is 2. The number of nitrogens with zero attached hydrogens (tertiary/aromatic N) is 2. The molecule has 0 fully saturated rings. The van der Waals surface area contributed by atoms with Crippen molar-refractivity contribution in [2.24, 2.45) is 0 Å². The number of methoxy groups -OCH3 is 1. The van der Waals surface area contributed by atoms with Crippen LogP contribution in [0.25, 0.3) is 5.57 Å². The summed E-state index contributed by atoms with van der Waals surface area (Å²) in [7, 11) is 1.38. The number of fused-ring (bicyclic) bond motifs is 1. The molecule has 2 aromatic rings. The van der Waals surface area contributed by atoms with Crippen molar-refractivity contribution < 1.29 is 19.0 Å². The molecular formula is C18H20FN3O3. The maximum absolute atomic E-state index is 13.1. The van der Waals surface area contributed by atoms with Gasteiger partial charge in [0.15, 0.2) is 6.29 Å². The molecule has 1 aliphatic heterocycles. The van der Waals surface area contributed by atoms with Crippen LogP contribution in [-0.2, 0) is 10.2 Å². The first kappa shape index (κ1) is 17.3. The zero-order valence-electron chi connectivity index (χ0n) is 14.3. The summed E-state index contributed by atoms with van der Waals surface area (Å²) in [4.78, 5) is 14.4. The first-order valence-corrected chi connectivity index (χ1v) is 7.87. The van der Waals surface area contributed by atoms with Crippen LogP contribution in [-0.4, -0.2) is 46.1 Å². The molecular weight excluding hydrogens is 325 g/mol. The highest BCUT2D eigenvalue weighted by Gasteiger charge is 2.35. The summed E-state index contributed by atoms with van der Waals surface area (Å²) in [5, 5.41) is 17.2. The first-order valence-electron chi connectivity index (χ1n) is 7.87. The van der Waals surface area contributed by atoms with Crippen LogP contribution in [0.5, 0.6) is 0 Å². The van der Waals surface area contributed by atoms with Gasteiger partial charge < -0.3 is 14.7 Å². The van der Waals surface area contributed by atoms with Crippen molar-refractivity contribution in [2.45, 2.75) is 25.6 Å². The Hall–Kier alpha value is -2.51. The zero-order valence-corrected chi connectivity index (χ0v) is 14.3. The van der Waals surface area contributed by atoms with Crippen molar-refractivity contribution in [3.8, 4) is 0 Å². The van der Waals surface area contributed by atoms with Gasteiger partial charge in [0.25, 0.3) is 5.91 Å². The van der Waals surface area contributed by atoms with Gasteiger partial charge in [-0.15, -0.1) is 0 Å². The molecule has 0 aliphatic carbocycles. The average Bonchev–Trinajstić information content (AvgIpc) is 3.04. The molecule has 1 aliphatic rings. The lowest BCUT2D eigenvalue weighted by Gasteiger charge is -2.28. The predicted molar refractivity (Wildman–Crippen MR) is 90.0 cm³/mol. The van der Waals surface area contributed by atoms with Crippen LogP contribution < -0.4 is 0 Å². The van der Waals surface area contributed by atoms with Crippen molar-refractivity contribution in [1.29, 1.82) is 0 Å². The maximum atomic E-state index is 13.1. The molecule has 1 aromatic heterocycles. The van der Waals surface area contributed by atoms with E-state index in [9.17, 15) is 14.3 Å². The Balaban J connectivity index is 2.06. The Kier molecular flexibility index (Phi) is 4.45. The molecule has 2 heterocycles. The lowest BCUT2D eigenvalue weighted by atomic mass is 9.84. The van der Waals surface area contributed by atoms with Crippen molar-refractivity contribution in [1.82, 2.24) is 15.1 Å². The van der Waals surface area contributed by atoms with E-state index in [-0.39, 0.29) is 5.91 Å². The molecule has 132 valence electrons. The van der Waals surface area contributed by atoms with E-state index in [1.54, 1.807) is 12.4 Å². The summed E-state index contributed by atoms with van der Waals surface area (Å²) in [6.45, 7) is 4.35. The Morgan fingerprint density at radius 2 is 2.08 bits per heavy atom. The number of nitrogens with one attached hydrogen (secondary N) is 1. The number of carbonyl (C=O) groups excluding carboxylic acids is 1. The molecule has 1 atom stereocenters. The minimum atomic E-state index is -1.21. The van der Waals surface area contributed by atoms with Crippen molar-refractivity contribution in [3.05, 3.63) is 59.3 Å². The SMILES string of the molecule is COC(O)C1=CN(C(=O)c2ccc(F)cc2)CC(C)(C)c2cn[nH]c21. The summed E-state index contributed by atoms with van der Waals surface area (Å²) < 4.78 is 18.2. The van der Waals surface area contributed by atoms with Gasteiger partial charge >= 0.3 is 0 Å². The molecule has 6 nitrogen and oxygen atoms in total. The number of aromatic nitrogens is 2. The van der Waals surface area contributed by atoms with Gasteiger partial charge in [-0.2, -0.15) is 5.10 Å². The van der Waals surface area contributed by atoms with Gasteiger partial charge in [-0.05, 0) is 24.3 Å². The molecule has 0 saturated carbocycles. The normalized spacial score (nSPS) is 17.5. The quantitative estimate of drug-likeness (QED) is 0.837. The van der Waals surface area contributed by atoms with Gasteiger partial charge in [-0.25, -0.2) is 4.39 Å². The number of carbonyl (C=O) groups is 1. The average molecular weight is 345 g/mol. The lowest BCUT2D eigenvalue weighted by Crippen LogP contribution is -2.36. The van der Waals surface area contributed by atoms with Crippen LogP contribution in [0.3, 0.4) is 0 Å². The largest absolute Gasteiger partial charge is 0.364 e. The number of benzene rings is 1. The molecule has 0 bridgehead atoms. The van der Waals surface area contributed by atoms with Crippen LogP contribution in [0.2, 0.25) is 0 Å². The highest BCUT2D eigenvalue weighted by atomic mass is 19.1. The van der Waals surface area contributed by atoms with Gasteiger partial charge in [0.1, 0.15) is 5.82 Å². The highest BCUT2D eigenvalue weighted by molar-refractivity contribution is 5.96. The number of H-pyrrole nitrogens is 1. The fourth-order valence-electron chi connectivity index (χ4n) is 3.01. The second-order valence-corrected chi connectivity index (χ2v) is 6.66. The van der Waals surface area contributed by atoms with E-state index in [1.165, 1.54) is 36.3 Å². The maximum Gasteiger partial charge on any atom is 0.257 e. The van der Waals surface area contributed by atoms with Crippen LogP contribution >= 0.6 is 0 Å². The summed E-state index contributed by atoms with van der Waals surface area (Å²) in [5.41, 5.74) is 1.88. The zero-order chi connectivity index (χ0) is 18.2. The van der Waals surface area contributed by atoms with Crippen LogP contribution in [0.15, 0.2) is 36.7 Å². The number of aliphatic hydroxyl groups is 1. The third-order valence-corrected chi connectivity index (χ3v) is 4.36. The number of aromatic amines is 1. The van der Waals surface area contributed by atoms with Gasteiger partial charge in [0.05, 0.1) is 11.9 Å². The van der Waals surface area contributed by atoms with Crippen molar-refractivity contribution >= 4 is 11.5 Å². The number of aliphatic hydroxyl groups excluding tert-OH is 1. The van der Waals surface area contributed by atoms with E-state index in [0.717, 1.165) is 5.56 Å². The molecule has 2 N–H and O–H groups in total. The Morgan fingerprint density at radius 1 is 1.40 bits per heavy atom. The lowest BCUT2D eigenvalue weighted by molar-refractivity contribution is -0.0281. The molecule has 0 saturated heterocycles. The van der Waals surface area contributed by atoms with E-state index in [0.29, 0.717) is 23.4 Å². The fourth-order valence-corrected chi connectivity index (χ4v) is 3.01. The Labute approximate surface area is 144 Å². The standard InChI is InChI=1S/C18H20FN3O3/c1-18(2)10-22(16(23)11-4-6-12(19)7-5-11)9-13(17(24)25-3)15-14(18)8-20-21-15/h4-9,17,24H,10H2,1-3H3,(H,20,21). The van der Waals surface area contributed by atoms with E-state index in [2.05, 4.69) is 10.2 Å². The molecule has 25 heavy (non-hydrogen) atoms. The molecule has 1 amide bonds. The summed E-state index contributed by atoms with van der Waals surface area (Å²) >= 11 is 0. The van der Waals surface area contributed by atoms with Gasteiger partial charge in [0, 0.05) is 42.0 Å². The number of halogens is 1. The second-order valence-electron chi connectivity index (χ2n) is 6.66. The van der Waals surface area contributed by atoms with E-state index < -0.39 is 17.5 Å². The summed E-state index contributed by atoms with van der Waals surface area (Å²) in [5.74, 6) is -0.688. The third-order valence-electron chi connectivity index (χ3n) is 4.36. The van der Waals surface area contributed by atoms with Crippen LogP contribution in [0.4, 0.5) is 4.39 Å². The number of amides is 1. The molecule has 0 spiro atoms. The minimum absolute atomic E-state index is 0.285. The van der Waals surface area contributed by atoms with Crippen molar-refractivity contribution in [2.75, 3.05) is 13.7 Å². The first-order chi connectivity index (χ1) is 11.8. The molecule has 1 aromatic carbocycles. The molecule has 1 unspecified atom stereocenters. The number of hydrogen-bond acceptors (Lipinski definition) is 4. The Morgan fingerprint density at radius 3 is 2.72 bits per heavy atom. The molecule has 0 radical (unpaired) electrons. The smallest absolute Gasteiger partial charge is 0.257 e. The van der Waals surface area contributed by atoms with E-state index in [4.69, 9.17) is 4.74 Å². The number of rotatable bonds is 3. The second kappa shape index (κ2) is 6.42. The molecule has 3 rings (SSSR count). The van der Waals surface area contributed by atoms with E-state index >= 15 is 0 Å². The Bertz CT molecular complexity index is 811. The van der Waals surface area contributed by atoms with Gasteiger partial charge in [0.2, 0.25) is 0 Å². The third kappa shape index (κ3) is 3.20. The number of ether oxygens (including phenoxy) is 1.